The van der Waals surface area contributed by atoms with Crippen LogP contribution in [0, 0.1) is 0 Å². The number of methoxy groups -OCH3 is 1. The third kappa shape index (κ3) is 13.4. The molecule has 1 aromatic carbocycles. The van der Waals surface area contributed by atoms with E-state index < -0.39 is 5.60 Å². The summed E-state index contributed by atoms with van der Waals surface area (Å²) in [6.07, 6.45) is 25.6. The maximum Gasteiger partial charge on any atom is 0.306 e. The highest BCUT2D eigenvalue weighted by Gasteiger charge is 2.37. The smallest absolute Gasteiger partial charge is 0.306 e. The minimum Gasteiger partial charge on any atom is -0.496 e. The van der Waals surface area contributed by atoms with Gasteiger partial charge in [-0.3, -0.25) is 14.4 Å². The van der Waals surface area contributed by atoms with Gasteiger partial charge in [-0.05, 0) is 84.3 Å². The Bertz CT molecular complexity index is 1120. The molecule has 0 aliphatic carbocycles. The van der Waals surface area contributed by atoms with Gasteiger partial charge in [0.05, 0.1) is 12.7 Å². The second-order valence-electron chi connectivity index (χ2n) is 12.1. The number of hydrogen-bond acceptors (Lipinski definition) is 6. The maximum absolute atomic E-state index is 12.5. The number of carbonyl (C=O) groups excluding carboxylic acids is 3. The van der Waals surface area contributed by atoms with E-state index in [-0.39, 0.29) is 24.8 Å². The van der Waals surface area contributed by atoms with Gasteiger partial charge in [0.15, 0.2) is 12.1 Å². The Kier molecular flexibility index (Phi) is 16.7. The van der Waals surface area contributed by atoms with E-state index in [1.54, 1.807) is 19.3 Å². The molecule has 1 unspecified atom stereocenters. The molecule has 0 amide bonds. The van der Waals surface area contributed by atoms with Crippen molar-refractivity contribution in [2.75, 3.05) is 7.11 Å². The second-order valence-corrected chi connectivity index (χ2v) is 12.1. The average Bonchev–Trinajstić information content (AvgIpc) is 2.96. The molecule has 6 heteroatoms. The number of esters is 1. The van der Waals surface area contributed by atoms with Crippen molar-refractivity contribution in [3.05, 3.63) is 58.7 Å². The molecule has 1 heterocycles. The molecule has 6 nitrogen and oxygen atoms in total. The van der Waals surface area contributed by atoms with Crippen LogP contribution < -0.4 is 9.47 Å². The number of unbranched alkanes of at least 4 members (excludes halogenated alkanes) is 8. The molecule has 0 radical (unpaired) electrons. The first kappa shape index (κ1) is 36.0. The molecule has 0 spiro atoms. The Morgan fingerprint density at radius 3 is 2.30 bits per heavy atom. The number of allylic oxidation sites excluding steroid dienone is 6. The first-order valence-corrected chi connectivity index (χ1v) is 16.2. The summed E-state index contributed by atoms with van der Waals surface area (Å²) in [5.74, 6) is 0.729. The summed E-state index contributed by atoms with van der Waals surface area (Å²) in [4.78, 5) is 37.2. The zero-order chi connectivity index (χ0) is 31.5. The Morgan fingerprint density at radius 2 is 1.65 bits per heavy atom. The average molecular weight is 595 g/mol. The second kappa shape index (κ2) is 19.9. The third-order valence-corrected chi connectivity index (χ3v) is 7.78. The van der Waals surface area contributed by atoms with Gasteiger partial charge < -0.3 is 14.2 Å². The number of fused-ring (bicyclic) bond motifs is 1. The Labute approximate surface area is 259 Å². The van der Waals surface area contributed by atoms with Gasteiger partial charge in [-0.25, -0.2) is 0 Å². The molecule has 0 N–H and O–H groups in total. The van der Waals surface area contributed by atoms with Crippen molar-refractivity contribution >= 4 is 18.0 Å². The largest absolute Gasteiger partial charge is 0.496 e. The van der Waals surface area contributed by atoms with Crippen LogP contribution in [0.5, 0.6) is 11.5 Å². The lowest BCUT2D eigenvalue weighted by Gasteiger charge is -2.37. The minimum atomic E-state index is -0.741. The lowest BCUT2D eigenvalue weighted by atomic mass is 9.86. The minimum absolute atomic E-state index is 0.0102. The first-order chi connectivity index (χ1) is 20.7. The van der Waals surface area contributed by atoms with Crippen molar-refractivity contribution in [3.8, 4) is 11.5 Å². The van der Waals surface area contributed by atoms with Crippen LogP contribution >= 0.6 is 0 Å². The molecule has 238 valence electrons. The van der Waals surface area contributed by atoms with Gasteiger partial charge in [-0.2, -0.15) is 0 Å². The van der Waals surface area contributed by atoms with Gasteiger partial charge in [-0.1, -0.05) is 68.9 Å². The summed E-state index contributed by atoms with van der Waals surface area (Å²) in [5.41, 5.74) is 1.89. The number of carbonyl (C=O) groups is 3. The van der Waals surface area contributed by atoms with E-state index >= 15 is 0 Å². The van der Waals surface area contributed by atoms with Gasteiger partial charge in [0.25, 0.3) is 0 Å². The zero-order valence-electron chi connectivity index (χ0n) is 27.3. The molecule has 43 heavy (non-hydrogen) atoms. The van der Waals surface area contributed by atoms with Crippen LogP contribution in [0.2, 0.25) is 0 Å². The molecule has 1 aliphatic rings. The van der Waals surface area contributed by atoms with E-state index in [2.05, 4.69) is 31.2 Å². The van der Waals surface area contributed by atoms with Gasteiger partial charge in [0, 0.05) is 24.0 Å². The third-order valence-electron chi connectivity index (χ3n) is 7.78. The molecule has 0 aromatic heterocycles. The molecular weight excluding hydrogens is 540 g/mol. The van der Waals surface area contributed by atoms with E-state index in [1.165, 1.54) is 32.1 Å². The number of rotatable bonds is 21. The molecule has 0 saturated heterocycles. The summed E-state index contributed by atoms with van der Waals surface area (Å²) >= 11 is 0. The first-order valence-electron chi connectivity index (χ1n) is 16.2. The topological polar surface area (TPSA) is 78.9 Å². The van der Waals surface area contributed by atoms with Crippen LogP contribution in [0.15, 0.2) is 42.0 Å². The predicted octanol–water partition coefficient (Wildman–Crippen LogP) is 9.37. The zero-order valence-corrected chi connectivity index (χ0v) is 27.3. The van der Waals surface area contributed by atoms with Crippen LogP contribution in [-0.4, -0.2) is 30.7 Å². The van der Waals surface area contributed by atoms with Crippen LogP contribution in [-0.2, 0) is 27.4 Å². The van der Waals surface area contributed by atoms with Crippen LogP contribution in [0.1, 0.15) is 139 Å². The van der Waals surface area contributed by atoms with Gasteiger partial charge in [0.2, 0.25) is 0 Å². The summed E-state index contributed by atoms with van der Waals surface area (Å²) in [5, 5.41) is 0. The summed E-state index contributed by atoms with van der Waals surface area (Å²) in [7, 11) is 1.57. The van der Waals surface area contributed by atoms with Crippen molar-refractivity contribution in [2.24, 2.45) is 0 Å². The Balaban J connectivity index is 1.78. The summed E-state index contributed by atoms with van der Waals surface area (Å²) in [6.45, 7) is 7.86. The number of ether oxygens (including phenoxy) is 3. The van der Waals surface area contributed by atoms with Crippen molar-refractivity contribution in [1.82, 2.24) is 0 Å². The fraction of sp³-hybridized carbons (Fsp3) is 0.595. The molecule has 0 fully saturated rings. The standard InChI is InChI=1S/C37H54O6/c1-6-7-8-9-10-11-12-13-14-15-16-17-18-19-20-21-35(40)42-28-30-25-34(41-5)32-22-23-37(4,26-31(39)24-29(2)3)43-36(32)33(30)27-38/h10-11,13-14,24-25,27H,6-9,12,15-23,26,28H2,1-5H3/b11-10-,14-13-. The van der Waals surface area contributed by atoms with Crippen LogP contribution in [0.3, 0.4) is 0 Å². The van der Waals surface area contributed by atoms with E-state index in [0.717, 1.165) is 55.9 Å². The fourth-order valence-corrected chi connectivity index (χ4v) is 5.39. The lowest BCUT2D eigenvalue weighted by Crippen LogP contribution is -2.39. The monoisotopic (exact) mass is 594 g/mol. The quantitative estimate of drug-likeness (QED) is 0.0464. The van der Waals surface area contributed by atoms with E-state index in [0.29, 0.717) is 41.9 Å². The highest BCUT2D eigenvalue weighted by atomic mass is 16.5. The number of ketones is 1. The molecule has 1 aromatic rings. The number of benzene rings is 1. The van der Waals surface area contributed by atoms with Crippen molar-refractivity contribution in [1.29, 1.82) is 0 Å². The Morgan fingerprint density at radius 1 is 0.977 bits per heavy atom. The van der Waals surface area contributed by atoms with Crippen molar-refractivity contribution in [2.45, 2.75) is 136 Å². The molecule has 1 aliphatic heterocycles. The summed E-state index contributed by atoms with van der Waals surface area (Å²) < 4.78 is 17.5. The summed E-state index contributed by atoms with van der Waals surface area (Å²) in [6, 6.07) is 1.76. The van der Waals surface area contributed by atoms with Crippen LogP contribution in [0.4, 0.5) is 0 Å². The molecule has 0 saturated carbocycles. The van der Waals surface area contributed by atoms with E-state index in [4.69, 9.17) is 14.2 Å². The Hall–Kier alpha value is -3.15. The number of hydrogen-bond donors (Lipinski definition) is 0. The molecule has 0 bridgehead atoms. The molecule has 1 atom stereocenters. The predicted molar refractivity (Wildman–Crippen MR) is 174 cm³/mol. The normalized spacial score (nSPS) is 16.1. The number of aldehydes is 1. The fourth-order valence-electron chi connectivity index (χ4n) is 5.39. The molecule has 2 rings (SSSR count). The lowest BCUT2D eigenvalue weighted by molar-refractivity contribution is -0.145. The highest BCUT2D eigenvalue weighted by molar-refractivity contribution is 5.91. The van der Waals surface area contributed by atoms with Crippen LogP contribution in [0.25, 0.3) is 0 Å². The van der Waals surface area contributed by atoms with Crippen molar-refractivity contribution < 1.29 is 28.6 Å². The highest BCUT2D eigenvalue weighted by Crippen LogP contribution is 2.43. The molecular formula is C37H54O6. The van der Waals surface area contributed by atoms with Gasteiger partial charge in [0.1, 0.15) is 23.7 Å². The maximum atomic E-state index is 12.5. The van der Waals surface area contributed by atoms with E-state index in [9.17, 15) is 14.4 Å². The SMILES string of the molecule is CCCCC/C=C\C/C=C\CCCCCCCC(=O)OCc1cc(OC)c2c(c1C=O)OC(C)(CC(=O)C=C(C)C)CC2. The van der Waals surface area contributed by atoms with Crippen molar-refractivity contribution in [3.63, 3.8) is 0 Å². The van der Waals surface area contributed by atoms with Gasteiger partial charge >= 0.3 is 5.97 Å². The van der Waals surface area contributed by atoms with E-state index in [1.807, 2.05) is 20.8 Å². The van der Waals surface area contributed by atoms with Gasteiger partial charge in [-0.15, -0.1) is 0 Å².